The Bertz CT molecular complexity index is 1070. The number of thiazole rings is 1. The topological polar surface area (TPSA) is 93.4 Å². The largest absolute Gasteiger partial charge is 0.462 e. The summed E-state index contributed by atoms with van der Waals surface area (Å²) in [4.78, 5) is 21.5. The van der Waals surface area contributed by atoms with E-state index in [1.165, 1.54) is 11.3 Å². The second kappa shape index (κ2) is 10.2. The summed E-state index contributed by atoms with van der Waals surface area (Å²) < 4.78 is 6.98. The van der Waals surface area contributed by atoms with Crippen LogP contribution in [0.4, 0.5) is 0 Å². The molecule has 3 rings (SSSR count). The van der Waals surface area contributed by atoms with E-state index in [2.05, 4.69) is 31.8 Å². The Kier molecular flexibility index (Phi) is 7.41. The third kappa shape index (κ3) is 5.49. The van der Waals surface area contributed by atoms with Gasteiger partial charge >= 0.3 is 5.97 Å². The number of ether oxygens (including phenoxy) is 1. The van der Waals surface area contributed by atoms with Crippen LogP contribution in [0.5, 0.6) is 0 Å². The summed E-state index contributed by atoms with van der Waals surface area (Å²) in [6.45, 7) is 8.49. The van der Waals surface area contributed by atoms with Gasteiger partial charge in [-0.25, -0.2) is 14.5 Å². The molecule has 0 bridgehead atoms. The van der Waals surface area contributed by atoms with Gasteiger partial charge in [0.2, 0.25) is 0 Å². The van der Waals surface area contributed by atoms with Crippen molar-refractivity contribution in [3.05, 3.63) is 63.4 Å². The Morgan fingerprint density at radius 3 is 2.74 bits per heavy atom. The van der Waals surface area contributed by atoms with E-state index < -0.39 is 0 Å². The Balaban J connectivity index is 1.67. The van der Waals surface area contributed by atoms with Crippen LogP contribution >= 0.6 is 11.3 Å². The van der Waals surface area contributed by atoms with Gasteiger partial charge in [-0.05, 0) is 45.4 Å². The quantitative estimate of drug-likeness (QED) is 0.332. The first-order valence-electron chi connectivity index (χ1n) is 10.1. The van der Waals surface area contributed by atoms with Gasteiger partial charge in [-0.2, -0.15) is 5.10 Å². The molecule has 1 unspecified atom stereocenters. The van der Waals surface area contributed by atoms with E-state index in [-0.39, 0.29) is 12.0 Å². The number of carbonyl (C=O) groups is 1. The SMILES string of the molecule is CCOC(=O)c1sc(C(C)NC(=NC)NCc2ccccc2-n2ccc(C)n2)nc1C. The molecule has 2 aromatic heterocycles. The fourth-order valence-electron chi connectivity index (χ4n) is 3.06. The van der Waals surface area contributed by atoms with Crippen LogP contribution in [0.15, 0.2) is 41.5 Å². The molecule has 0 spiro atoms. The maximum Gasteiger partial charge on any atom is 0.350 e. The number of para-hydroxylation sites is 1. The summed E-state index contributed by atoms with van der Waals surface area (Å²) in [6, 6.07) is 9.96. The van der Waals surface area contributed by atoms with E-state index >= 15 is 0 Å². The number of aromatic nitrogens is 3. The van der Waals surface area contributed by atoms with Crippen LogP contribution in [0, 0.1) is 13.8 Å². The van der Waals surface area contributed by atoms with Gasteiger partial charge in [0.1, 0.15) is 9.88 Å². The van der Waals surface area contributed by atoms with Crippen LogP contribution in [0.25, 0.3) is 5.69 Å². The van der Waals surface area contributed by atoms with Crippen LogP contribution in [-0.2, 0) is 11.3 Å². The third-order valence-electron chi connectivity index (χ3n) is 4.63. The van der Waals surface area contributed by atoms with Crippen LogP contribution < -0.4 is 10.6 Å². The minimum Gasteiger partial charge on any atom is -0.462 e. The number of carbonyl (C=O) groups excluding carboxylic acids is 1. The van der Waals surface area contributed by atoms with Gasteiger partial charge < -0.3 is 15.4 Å². The maximum absolute atomic E-state index is 12.1. The minimum absolute atomic E-state index is 0.123. The third-order valence-corrected chi connectivity index (χ3v) is 5.95. The highest BCUT2D eigenvalue weighted by atomic mass is 32.1. The van der Waals surface area contributed by atoms with Crippen molar-refractivity contribution < 1.29 is 9.53 Å². The van der Waals surface area contributed by atoms with E-state index in [0.29, 0.717) is 29.7 Å². The Hall–Kier alpha value is -3.20. The van der Waals surface area contributed by atoms with E-state index in [9.17, 15) is 4.79 Å². The standard InChI is InChI=1S/C22H28N6O2S/c1-6-30-21(29)19-15(3)25-20(31-19)16(4)26-22(23-5)24-13-17-9-7-8-10-18(17)28-12-11-14(2)27-28/h7-12,16H,6,13H2,1-5H3,(H2,23,24,26). The molecule has 0 radical (unpaired) electrons. The Morgan fingerprint density at radius 1 is 1.29 bits per heavy atom. The number of aryl methyl sites for hydroxylation is 2. The summed E-state index contributed by atoms with van der Waals surface area (Å²) in [5.74, 6) is 0.313. The van der Waals surface area contributed by atoms with Crippen LogP contribution in [-0.4, -0.2) is 40.3 Å². The number of rotatable bonds is 7. The first kappa shape index (κ1) is 22.5. The zero-order valence-corrected chi connectivity index (χ0v) is 19.3. The molecule has 0 fully saturated rings. The highest BCUT2D eigenvalue weighted by molar-refractivity contribution is 7.13. The molecule has 0 saturated heterocycles. The summed E-state index contributed by atoms with van der Waals surface area (Å²) >= 11 is 1.34. The maximum atomic E-state index is 12.1. The summed E-state index contributed by atoms with van der Waals surface area (Å²) in [7, 11) is 1.72. The Morgan fingerprint density at radius 2 is 2.06 bits per heavy atom. The first-order chi connectivity index (χ1) is 14.9. The monoisotopic (exact) mass is 440 g/mol. The van der Waals surface area contributed by atoms with Crippen molar-refractivity contribution >= 4 is 23.3 Å². The van der Waals surface area contributed by atoms with Crippen molar-refractivity contribution in [3.8, 4) is 5.69 Å². The molecule has 1 atom stereocenters. The van der Waals surface area contributed by atoms with Crippen LogP contribution in [0.2, 0.25) is 0 Å². The van der Waals surface area contributed by atoms with Crippen molar-refractivity contribution in [2.24, 2.45) is 4.99 Å². The van der Waals surface area contributed by atoms with Gasteiger partial charge in [-0.1, -0.05) is 18.2 Å². The molecule has 0 aliphatic rings. The fourth-order valence-corrected chi connectivity index (χ4v) is 4.03. The highest BCUT2D eigenvalue weighted by Gasteiger charge is 2.20. The Labute approximate surface area is 186 Å². The van der Waals surface area contributed by atoms with Crippen LogP contribution in [0.1, 0.15) is 51.5 Å². The molecule has 1 aromatic carbocycles. The molecule has 31 heavy (non-hydrogen) atoms. The van der Waals surface area contributed by atoms with Gasteiger partial charge in [0.15, 0.2) is 5.96 Å². The smallest absolute Gasteiger partial charge is 0.350 e. The molecular weight excluding hydrogens is 412 g/mol. The average molecular weight is 441 g/mol. The lowest BCUT2D eigenvalue weighted by molar-refractivity contribution is 0.0531. The van der Waals surface area contributed by atoms with Crippen molar-refractivity contribution in [1.82, 2.24) is 25.4 Å². The molecule has 3 aromatic rings. The molecule has 0 aliphatic carbocycles. The van der Waals surface area contributed by atoms with Crippen molar-refractivity contribution in [1.29, 1.82) is 0 Å². The molecular formula is C22H28N6O2S. The second-order valence-corrected chi connectivity index (χ2v) is 8.04. The first-order valence-corrected chi connectivity index (χ1v) is 11.0. The zero-order chi connectivity index (χ0) is 22.4. The lowest BCUT2D eigenvalue weighted by Gasteiger charge is -2.17. The van der Waals surface area contributed by atoms with Gasteiger partial charge in [0.05, 0.1) is 29.7 Å². The van der Waals surface area contributed by atoms with Gasteiger partial charge in [-0.3, -0.25) is 4.99 Å². The number of aliphatic imine (C=N–C) groups is 1. The lowest BCUT2D eigenvalue weighted by Crippen LogP contribution is -2.38. The number of nitrogens with zero attached hydrogens (tertiary/aromatic N) is 4. The van der Waals surface area contributed by atoms with E-state index in [4.69, 9.17) is 4.74 Å². The average Bonchev–Trinajstić information content (AvgIpc) is 3.37. The number of guanidine groups is 1. The molecule has 164 valence electrons. The molecule has 8 nitrogen and oxygen atoms in total. The second-order valence-electron chi connectivity index (χ2n) is 7.01. The molecule has 0 aliphatic heterocycles. The number of hydrogen-bond acceptors (Lipinski definition) is 6. The van der Waals surface area contributed by atoms with Crippen molar-refractivity contribution in [2.45, 2.75) is 40.3 Å². The van der Waals surface area contributed by atoms with E-state index in [0.717, 1.165) is 22.0 Å². The van der Waals surface area contributed by atoms with Crippen molar-refractivity contribution in [3.63, 3.8) is 0 Å². The molecule has 0 saturated carbocycles. The summed E-state index contributed by atoms with van der Waals surface area (Å²) in [6.07, 6.45) is 1.95. The molecule has 2 heterocycles. The number of hydrogen-bond donors (Lipinski definition) is 2. The number of esters is 1. The number of benzene rings is 1. The summed E-state index contributed by atoms with van der Waals surface area (Å²) in [5.41, 5.74) is 3.76. The molecule has 2 N–H and O–H groups in total. The van der Waals surface area contributed by atoms with Gasteiger partial charge in [-0.15, -0.1) is 11.3 Å². The van der Waals surface area contributed by atoms with Gasteiger partial charge in [0, 0.05) is 19.8 Å². The highest BCUT2D eigenvalue weighted by Crippen LogP contribution is 2.24. The van der Waals surface area contributed by atoms with Gasteiger partial charge in [0.25, 0.3) is 0 Å². The predicted octanol–water partition coefficient (Wildman–Crippen LogP) is 3.55. The molecule has 0 amide bonds. The number of nitrogens with one attached hydrogen (secondary N) is 2. The van der Waals surface area contributed by atoms with E-state index in [1.807, 2.05) is 55.9 Å². The van der Waals surface area contributed by atoms with E-state index in [1.54, 1.807) is 14.0 Å². The predicted molar refractivity (Wildman–Crippen MR) is 123 cm³/mol. The van der Waals surface area contributed by atoms with Crippen molar-refractivity contribution in [2.75, 3.05) is 13.7 Å². The zero-order valence-electron chi connectivity index (χ0n) is 18.5. The normalized spacial score (nSPS) is 12.5. The summed E-state index contributed by atoms with van der Waals surface area (Å²) in [5, 5.41) is 12.0. The lowest BCUT2D eigenvalue weighted by atomic mass is 10.2. The fraction of sp³-hybridized carbons (Fsp3) is 0.364. The minimum atomic E-state index is -0.330. The molecule has 9 heteroatoms. The van der Waals surface area contributed by atoms with Crippen LogP contribution in [0.3, 0.4) is 0 Å².